The molecule has 0 saturated carbocycles. The van der Waals surface area contributed by atoms with Gasteiger partial charge in [-0.05, 0) is 64.4 Å². The number of aryl methyl sites for hydroxylation is 1. The molecule has 1 atom stereocenters. The van der Waals surface area contributed by atoms with Crippen molar-refractivity contribution in [2.24, 2.45) is 0 Å². The van der Waals surface area contributed by atoms with Gasteiger partial charge >= 0.3 is 0 Å². The third-order valence-electron chi connectivity index (χ3n) is 3.87. The molecule has 0 radical (unpaired) electrons. The van der Waals surface area contributed by atoms with Gasteiger partial charge in [-0.25, -0.2) is 0 Å². The third-order valence-corrected chi connectivity index (χ3v) is 4.36. The molecule has 1 N–H and O–H groups in total. The van der Waals surface area contributed by atoms with Crippen LogP contribution in [0, 0.1) is 6.92 Å². The molecule has 1 aromatic rings. The fraction of sp³-hybridized carbons (Fsp3) is 0.600. The van der Waals surface area contributed by atoms with Gasteiger partial charge in [0.15, 0.2) is 0 Å². The van der Waals surface area contributed by atoms with Gasteiger partial charge in [0.1, 0.15) is 0 Å². The highest BCUT2D eigenvalue weighted by atomic mass is 79.9. The summed E-state index contributed by atoms with van der Waals surface area (Å²) in [6, 6.07) is 7.12. The lowest BCUT2D eigenvalue weighted by Crippen LogP contribution is -2.46. The van der Waals surface area contributed by atoms with Crippen molar-refractivity contribution < 1.29 is 0 Å². The first kappa shape index (κ1) is 13.9. The van der Waals surface area contributed by atoms with E-state index in [1.54, 1.807) is 0 Å². The second-order valence-electron chi connectivity index (χ2n) is 5.96. The zero-order valence-electron chi connectivity index (χ0n) is 11.8. The predicted octanol–water partition coefficient (Wildman–Crippen LogP) is 3.72. The number of halogens is 1. The molecule has 0 aliphatic carbocycles. The summed E-state index contributed by atoms with van der Waals surface area (Å²) in [5.41, 5.74) is 2.90. The monoisotopic (exact) mass is 310 g/mol. The summed E-state index contributed by atoms with van der Waals surface area (Å²) >= 11 is 3.55. The fourth-order valence-corrected chi connectivity index (χ4v) is 3.17. The van der Waals surface area contributed by atoms with Gasteiger partial charge in [0.05, 0.1) is 0 Å². The quantitative estimate of drug-likeness (QED) is 0.850. The molecule has 1 fully saturated rings. The Kier molecular flexibility index (Phi) is 4.02. The van der Waals surface area contributed by atoms with E-state index in [-0.39, 0.29) is 5.54 Å². The molecular weight excluding hydrogens is 288 g/mol. The van der Waals surface area contributed by atoms with Gasteiger partial charge in [-0.1, -0.05) is 15.9 Å². The maximum atomic E-state index is 3.58. The van der Waals surface area contributed by atoms with E-state index in [9.17, 15) is 0 Å². The summed E-state index contributed by atoms with van der Waals surface area (Å²) in [7, 11) is 0. The summed E-state index contributed by atoms with van der Waals surface area (Å²) in [6.45, 7) is 11.3. The standard InChI is InChI=1S/C15H23BrN2/c1-11-9-13(16)5-6-14(11)18-10-12(2)17-8-7-15(18,3)4/h5-6,9,12,17H,7-8,10H2,1-4H3. The highest BCUT2D eigenvalue weighted by Gasteiger charge is 2.31. The van der Waals surface area contributed by atoms with Gasteiger partial charge in [-0.3, -0.25) is 0 Å². The Bertz CT molecular complexity index is 429. The summed E-state index contributed by atoms with van der Waals surface area (Å²) < 4.78 is 1.16. The molecule has 2 nitrogen and oxygen atoms in total. The zero-order valence-corrected chi connectivity index (χ0v) is 13.3. The molecule has 0 bridgehead atoms. The summed E-state index contributed by atoms with van der Waals surface area (Å²) in [5.74, 6) is 0. The molecule has 3 heteroatoms. The van der Waals surface area contributed by atoms with E-state index in [1.165, 1.54) is 17.7 Å². The van der Waals surface area contributed by atoms with Gasteiger partial charge in [0.25, 0.3) is 0 Å². The zero-order chi connectivity index (χ0) is 13.3. The molecule has 1 heterocycles. The van der Waals surface area contributed by atoms with Crippen molar-refractivity contribution in [2.75, 3.05) is 18.0 Å². The van der Waals surface area contributed by atoms with E-state index in [0.29, 0.717) is 6.04 Å². The van der Waals surface area contributed by atoms with E-state index < -0.39 is 0 Å². The molecule has 1 unspecified atom stereocenters. The van der Waals surface area contributed by atoms with Gasteiger partial charge in [-0.2, -0.15) is 0 Å². The molecule has 1 aliphatic rings. The lowest BCUT2D eigenvalue weighted by atomic mass is 9.96. The van der Waals surface area contributed by atoms with Crippen molar-refractivity contribution in [2.45, 2.75) is 45.7 Å². The molecule has 100 valence electrons. The highest BCUT2D eigenvalue weighted by molar-refractivity contribution is 9.10. The van der Waals surface area contributed by atoms with Gasteiger partial charge < -0.3 is 10.2 Å². The van der Waals surface area contributed by atoms with Crippen LogP contribution in [-0.4, -0.2) is 24.7 Å². The summed E-state index contributed by atoms with van der Waals surface area (Å²) in [6.07, 6.45) is 1.17. The van der Waals surface area contributed by atoms with Crippen molar-refractivity contribution in [3.05, 3.63) is 28.2 Å². The largest absolute Gasteiger partial charge is 0.365 e. The molecule has 0 aromatic heterocycles. The van der Waals surface area contributed by atoms with Crippen LogP contribution in [0.2, 0.25) is 0 Å². The normalized spacial score (nSPS) is 23.8. The number of anilines is 1. The van der Waals surface area contributed by atoms with Crippen LogP contribution in [0.3, 0.4) is 0 Å². The van der Waals surface area contributed by atoms with Crippen molar-refractivity contribution in [3.63, 3.8) is 0 Å². The number of rotatable bonds is 1. The highest BCUT2D eigenvalue weighted by Crippen LogP contribution is 2.32. The number of benzene rings is 1. The predicted molar refractivity (Wildman–Crippen MR) is 82.4 cm³/mol. The van der Waals surface area contributed by atoms with Crippen LogP contribution in [0.5, 0.6) is 0 Å². The molecule has 0 amide bonds. The van der Waals surface area contributed by atoms with E-state index in [2.05, 4.69) is 72.0 Å². The third kappa shape index (κ3) is 2.89. The van der Waals surface area contributed by atoms with Gasteiger partial charge in [-0.15, -0.1) is 0 Å². The Balaban J connectivity index is 2.38. The van der Waals surface area contributed by atoms with Crippen LogP contribution >= 0.6 is 15.9 Å². The fourth-order valence-electron chi connectivity index (χ4n) is 2.69. The SMILES string of the molecule is Cc1cc(Br)ccc1N1CC(C)NCCC1(C)C. The summed E-state index contributed by atoms with van der Waals surface area (Å²) in [4.78, 5) is 2.55. The molecule has 1 aromatic carbocycles. The number of nitrogens with one attached hydrogen (secondary N) is 1. The van der Waals surface area contributed by atoms with Crippen LogP contribution in [0.15, 0.2) is 22.7 Å². The van der Waals surface area contributed by atoms with E-state index in [4.69, 9.17) is 0 Å². The lowest BCUT2D eigenvalue weighted by molar-refractivity contribution is 0.452. The van der Waals surface area contributed by atoms with Crippen LogP contribution in [-0.2, 0) is 0 Å². The van der Waals surface area contributed by atoms with Crippen LogP contribution in [0.1, 0.15) is 32.8 Å². The molecule has 1 saturated heterocycles. The number of hydrogen-bond acceptors (Lipinski definition) is 2. The maximum Gasteiger partial charge on any atom is 0.0401 e. The topological polar surface area (TPSA) is 15.3 Å². The minimum atomic E-state index is 0.205. The molecule has 2 rings (SSSR count). The van der Waals surface area contributed by atoms with Crippen molar-refractivity contribution >= 4 is 21.6 Å². The van der Waals surface area contributed by atoms with Crippen molar-refractivity contribution in [1.82, 2.24) is 5.32 Å². The second kappa shape index (κ2) is 5.22. The molecule has 0 spiro atoms. The van der Waals surface area contributed by atoms with Crippen molar-refractivity contribution in [1.29, 1.82) is 0 Å². The molecule has 18 heavy (non-hydrogen) atoms. The molecular formula is C15H23BrN2. The number of hydrogen-bond donors (Lipinski definition) is 1. The minimum absolute atomic E-state index is 0.205. The minimum Gasteiger partial charge on any atom is -0.365 e. The van der Waals surface area contributed by atoms with Crippen molar-refractivity contribution in [3.8, 4) is 0 Å². The first-order chi connectivity index (χ1) is 8.40. The average molecular weight is 311 g/mol. The Morgan fingerprint density at radius 1 is 1.39 bits per heavy atom. The van der Waals surface area contributed by atoms with E-state index in [1.807, 2.05) is 0 Å². The Morgan fingerprint density at radius 3 is 2.78 bits per heavy atom. The van der Waals surface area contributed by atoms with Gasteiger partial charge in [0.2, 0.25) is 0 Å². The van der Waals surface area contributed by atoms with Crippen LogP contribution in [0.4, 0.5) is 5.69 Å². The average Bonchev–Trinajstić information content (AvgIpc) is 2.38. The Hall–Kier alpha value is -0.540. The second-order valence-corrected chi connectivity index (χ2v) is 6.87. The van der Waals surface area contributed by atoms with E-state index in [0.717, 1.165) is 17.6 Å². The smallest absolute Gasteiger partial charge is 0.0401 e. The molecule has 1 aliphatic heterocycles. The number of nitrogens with zero attached hydrogens (tertiary/aromatic N) is 1. The van der Waals surface area contributed by atoms with E-state index >= 15 is 0 Å². The summed E-state index contributed by atoms with van der Waals surface area (Å²) in [5, 5.41) is 3.58. The van der Waals surface area contributed by atoms with Crippen LogP contribution < -0.4 is 10.2 Å². The van der Waals surface area contributed by atoms with Crippen LogP contribution in [0.25, 0.3) is 0 Å². The first-order valence-corrected chi connectivity index (χ1v) is 7.46. The first-order valence-electron chi connectivity index (χ1n) is 6.67. The maximum absolute atomic E-state index is 3.58. The Labute approximate surface area is 119 Å². The lowest BCUT2D eigenvalue weighted by Gasteiger charge is -2.40. The Morgan fingerprint density at radius 2 is 2.11 bits per heavy atom. The van der Waals surface area contributed by atoms with Gasteiger partial charge in [0, 0.05) is 28.3 Å².